The van der Waals surface area contributed by atoms with E-state index in [9.17, 15) is 0 Å². The number of nitrogens with two attached hydrogens (primary N) is 2. The molecule has 0 aliphatic heterocycles. The maximum absolute atomic E-state index is 6.42. The lowest BCUT2D eigenvalue weighted by molar-refractivity contribution is -0.111. The minimum atomic E-state index is 0.310. The average molecular weight is 417 g/mol. The number of nitrogens with zero attached hydrogens (tertiary/aromatic N) is 2. The van der Waals surface area contributed by atoms with Gasteiger partial charge in [0.1, 0.15) is 29.3 Å². The normalized spacial score (nSPS) is 10.6. The summed E-state index contributed by atoms with van der Waals surface area (Å²) in [6.07, 6.45) is 1.42. The van der Waals surface area contributed by atoms with Crippen molar-refractivity contribution in [3.05, 3.63) is 82.3 Å². The minimum Gasteiger partial charge on any atom is -0.495 e. The van der Waals surface area contributed by atoms with E-state index in [2.05, 4.69) is 40.4 Å². The van der Waals surface area contributed by atoms with Crippen LogP contribution < -0.4 is 21.2 Å². The maximum atomic E-state index is 6.42. The summed E-state index contributed by atoms with van der Waals surface area (Å²) in [5.74, 6) is 1.51. The van der Waals surface area contributed by atoms with Crippen LogP contribution in [0.4, 0.5) is 17.3 Å². The number of thiophene rings is 1. The van der Waals surface area contributed by atoms with Crippen LogP contribution in [0.3, 0.4) is 0 Å². The zero-order valence-electron chi connectivity index (χ0n) is 16.7. The Morgan fingerprint density at radius 2 is 1.93 bits per heavy atom. The van der Waals surface area contributed by atoms with E-state index in [1.54, 1.807) is 18.4 Å². The van der Waals surface area contributed by atoms with Gasteiger partial charge in [0.25, 0.3) is 0 Å². The van der Waals surface area contributed by atoms with Gasteiger partial charge in [0, 0.05) is 5.38 Å². The van der Waals surface area contributed by atoms with Gasteiger partial charge in [0.2, 0.25) is 5.71 Å². The molecule has 4 rings (SSSR count). The number of anilines is 3. The molecule has 0 saturated heterocycles. The summed E-state index contributed by atoms with van der Waals surface area (Å²) in [7, 11) is 1.63. The van der Waals surface area contributed by atoms with Gasteiger partial charge in [-0.1, -0.05) is 35.9 Å². The van der Waals surface area contributed by atoms with Crippen molar-refractivity contribution < 1.29 is 10.1 Å². The molecule has 6 nitrogen and oxygen atoms in total. The second kappa shape index (κ2) is 8.34. The predicted octanol–water partition coefficient (Wildman–Crippen LogP) is 3.44. The van der Waals surface area contributed by atoms with E-state index in [0.717, 1.165) is 22.4 Å². The van der Waals surface area contributed by atoms with Crippen molar-refractivity contribution in [2.45, 2.75) is 6.92 Å². The van der Waals surface area contributed by atoms with Gasteiger partial charge in [-0.05, 0) is 41.6 Å². The van der Waals surface area contributed by atoms with Gasteiger partial charge in [-0.3, -0.25) is 5.41 Å². The first kappa shape index (κ1) is 19.6. The summed E-state index contributed by atoms with van der Waals surface area (Å²) in [6, 6.07) is 16.3. The van der Waals surface area contributed by atoms with Crippen LogP contribution in [-0.4, -0.2) is 22.8 Å². The van der Waals surface area contributed by atoms with Crippen molar-refractivity contribution in [2.24, 2.45) is 0 Å². The number of hydrogen-bond donors (Lipinski definition) is 3. The first-order valence-electron chi connectivity index (χ1n) is 9.34. The standard InChI is InChI=1S/C23H21N5OS/c1-14-4-3-5-15(10-14)16-6-7-19(29-2)18(11-16)28-23-20(22(25)26-13-27-23)21(24)17-8-9-30-12-17/h3-13,24H,1-2H3,(H3,25,26,27,28)/p+1. The second-order valence-corrected chi connectivity index (χ2v) is 7.60. The highest BCUT2D eigenvalue weighted by atomic mass is 32.1. The summed E-state index contributed by atoms with van der Waals surface area (Å²) in [6.45, 7) is 2.07. The quantitative estimate of drug-likeness (QED) is 0.418. The summed E-state index contributed by atoms with van der Waals surface area (Å²) >= 11 is 1.56. The molecule has 0 aliphatic rings. The van der Waals surface area contributed by atoms with Gasteiger partial charge in [-0.2, -0.15) is 11.3 Å². The van der Waals surface area contributed by atoms with E-state index in [4.69, 9.17) is 15.9 Å². The molecule has 0 bridgehead atoms. The zero-order chi connectivity index (χ0) is 21.1. The smallest absolute Gasteiger partial charge is 0.219 e. The van der Waals surface area contributed by atoms with Crippen molar-refractivity contribution >= 4 is 34.4 Å². The molecule has 0 atom stereocenters. The van der Waals surface area contributed by atoms with Gasteiger partial charge >= 0.3 is 0 Å². The Balaban J connectivity index is 1.77. The van der Waals surface area contributed by atoms with Crippen LogP contribution in [0.15, 0.2) is 65.6 Å². The molecule has 0 saturated carbocycles. The fourth-order valence-corrected chi connectivity index (χ4v) is 3.91. The van der Waals surface area contributed by atoms with Gasteiger partial charge in [-0.25, -0.2) is 9.97 Å². The fraction of sp³-hybridized carbons (Fsp3) is 0.0870. The molecule has 0 spiro atoms. The van der Waals surface area contributed by atoms with E-state index in [1.165, 1.54) is 11.9 Å². The molecule has 2 heterocycles. The number of rotatable bonds is 6. The Labute approximate surface area is 178 Å². The van der Waals surface area contributed by atoms with Crippen LogP contribution in [0.1, 0.15) is 16.7 Å². The molecule has 30 heavy (non-hydrogen) atoms. The third-order valence-corrected chi connectivity index (χ3v) is 5.47. The highest BCUT2D eigenvalue weighted by molar-refractivity contribution is 7.08. The Bertz CT molecular complexity index is 1200. The first-order chi connectivity index (χ1) is 14.6. The molecule has 2 aromatic carbocycles. The number of ether oxygens (including phenoxy) is 1. The summed E-state index contributed by atoms with van der Waals surface area (Å²) in [5, 5.41) is 13.7. The third-order valence-electron chi connectivity index (χ3n) is 4.78. The van der Waals surface area contributed by atoms with Gasteiger partial charge < -0.3 is 15.8 Å². The topological polar surface area (TPSA) is 98.7 Å². The molecular weight excluding hydrogens is 394 g/mol. The molecule has 0 radical (unpaired) electrons. The number of methoxy groups -OCH3 is 1. The van der Waals surface area contributed by atoms with Crippen LogP contribution in [-0.2, 0) is 0 Å². The number of aryl methyl sites for hydroxylation is 1. The van der Waals surface area contributed by atoms with Crippen LogP contribution >= 0.6 is 11.3 Å². The van der Waals surface area contributed by atoms with Crippen LogP contribution in [0.2, 0.25) is 0 Å². The van der Waals surface area contributed by atoms with Gasteiger partial charge in [0.15, 0.2) is 0 Å². The lowest BCUT2D eigenvalue weighted by Gasteiger charge is -2.15. The van der Waals surface area contributed by atoms with E-state index in [-0.39, 0.29) is 0 Å². The third kappa shape index (κ3) is 3.88. The molecule has 7 heteroatoms. The number of benzene rings is 2. The Kier molecular flexibility index (Phi) is 5.45. The fourth-order valence-electron chi connectivity index (χ4n) is 3.26. The number of nitrogen functional groups attached to an aromatic ring is 1. The SMILES string of the molecule is COc1ccc(-c2cccc(C)c2)cc1Nc1ncnc(N)c1C(=[NH2+])c1ccsc1. The lowest BCUT2D eigenvalue weighted by Crippen LogP contribution is -2.41. The van der Waals surface area contributed by atoms with Crippen molar-refractivity contribution in [3.63, 3.8) is 0 Å². The highest BCUT2D eigenvalue weighted by Gasteiger charge is 2.22. The van der Waals surface area contributed by atoms with E-state index in [0.29, 0.717) is 28.7 Å². The summed E-state index contributed by atoms with van der Waals surface area (Å²) in [5.41, 5.74) is 12.3. The molecule has 0 aliphatic carbocycles. The summed E-state index contributed by atoms with van der Waals surface area (Å²) in [4.78, 5) is 8.53. The molecule has 5 N–H and O–H groups in total. The van der Waals surface area contributed by atoms with E-state index < -0.39 is 0 Å². The molecular formula is C23H22N5OS+. The largest absolute Gasteiger partial charge is 0.495 e. The lowest BCUT2D eigenvalue weighted by atomic mass is 10.0. The van der Waals surface area contributed by atoms with Crippen molar-refractivity contribution in [1.82, 2.24) is 9.97 Å². The van der Waals surface area contributed by atoms with Crippen LogP contribution in [0, 0.1) is 6.92 Å². The Morgan fingerprint density at radius 1 is 1.10 bits per heavy atom. The van der Waals surface area contributed by atoms with Crippen LogP contribution in [0.25, 0.3) is 11.1 Å². The maximum Gasteiger partial charge on any atom is 0.219 e. The number of hydrogen-bond acceptors (Lipinski definition) is 6. The molecule has 4 aromatic rings. The number of aromatic nitrogens is 2. The Hall–Kier alpha value is -3.71. The number of nitrogens with one attached hydrogen (secondary N) is 1. The van der Waals surface area contributed by atoms with Gasteiger partial charge in [-0.15, -0.1) is 0 Å². The predicted molar refractivity (Wildman–Crippen MR) is 122 cm³/mol. The van der Waals surface area contributed by atoms with Crippen molar-refractivity contribution in [1.29, 1.82) is 0 Å². The van der Waals surface area contributed by atoms with E-state index in [1.807, 2.05) is 41.1 Å². The molecule has 0 unspecified atom stereocenters. The van der Waals surface area contributed by atoms with Gasteiger partial charge in [0.05, 0.1) is 18.4 Å². The van der Waals surface area contributed by atoms with Crippen molar-refractivity contribution in [3.8, 4) is 16.9 Å². The second-order valence-electron chi connectivity index (χ2n) is 6.82. The van der Waals surface area contributed by atoms with E-state index >= 15 is 0 Å². The van der Waals surface area contributed by atoms with Crippen LogP contribution in [0.5, 0.6) is 5.75 Å². The summed E-state index contributed by atoms with van der Waals surface area (Å²) < 4.78 is 5.56. The zero-order valence-corrected chi connectivity index (χ0v) is 17.5. The molecule has 0 fully saturated rings. The minimum absolute atomic E-state index is 0.310. The van der Waals surface area contributed by atoms with Crippen molar-refractivity contribution in [2.75, 3.05) is 18.2 Å². The monoisotopic (exact) mass is 416 g/mol. The highest BCUT2D eigenvalue weighted by Crippen LogP contribution is 2.34. The average Bonchev–Trinajstić information content (AvgIpc) is 3.28. The Morgan fingerprint density at radius 3 is 2.67 bits per heavy atom. The first-order valence-corrected chi connectivity index (χ1v) is 10.3. The molecule has 150 valence electrons. The molecule has 2 aromatic heterocycles. The molecule has 0 amide bonds.